The van der Waals surface area contributed by atoms with Crippen molar-refractivity contribution in [3.8, 4) is 0 Å². The van der Waals surface area contributed by atoms with E-state index in [1.54, 1.807) is 48.5 Å². The number of halogens is 2. The Labute approximate surface area is 185 Å². The van der Waals surface area contributed by atoms with E-state index in [9.17, 15) is 19.7 Å². The van der Waals surface area contributed by atoms with Gasteiger partial charge in [-0.1, -0.05) is 76.1 Å². The third-order valence-corrected chi connectivity index (χ3v) is 5.52. The Bertz CT molecular complexity index is 1090. The van der Waals surface area contributed by atoms with Gasteiger partial charge in [0.25, 0.3) is 5.69 Å². The highest BCUT2D eigenvalue weighted by Crippen LogP contribution is 2.33. The summed E-state index contributed by atoms with van der Waals surface area (Å²) in [4.78, 5) is 35.6. The monoisotopic (exact) mass is 487 g/mol. The minimum absolute atomic E-state index is 0.135. The lowest BCUT2D eigenvalue weighted by molar-refractivity contribution is -0.384. The maximum atomic E-state index is 13.1. The van der Waals surface area contributed by atoms with Crippen LogP contribution >= 0.6 is 27.5 Å². The van der Waals surface area contributed by atoms with Gasteiger partial charge in [0.15, 0.2) is 6.10 Å². The fourth-order valence-electron chi connectivity index (χ4n) is 2.80. The van der Waals surface area contributed by atoms with Crippen LogP contribution in [0.5, 0.6) is 0 Å². The molecule has 0 fully saturated rings. The number of carbonyl (C=O) groups is 2. The number of carbonyl (C=O) groups excluding carboxylic acids is 2. The molecule has 0 amide bonds. The van der Waals surface area contributed by atoms with Crippen LogP contribution in [-0.4, -0.2) is 22.8 Å². The Kier molecular flexibility index (Phi) is 6.97. The van der Waals surface area contributed by atoms with Gasteiger partial charge >= 0.3 is 5.97 Å². The lowest BCUT2D eigenvalue weighted by atomic mass is 9.99. The van der Waals surface area contributed by atoms with Crippen LogP contribution in [0.1, 0.15) is 31.1 Å². The smallest absolute Gasteiger partial charge is 0.338 e. The van der Waals surface area contributed by atoms with Crippen LogP contribution in [0.25, 0.3) is 0 Å². The largest absolute Gasteiger partial charge is 0.449 e. The van der Waals surface area contributed by atoms with E-state index in [1.165, 1.54) is 30.3 Å². The predicted molar refractivity (Wildman–Crippen MR) is 116 cm³/mol. The Hall–Kier alpha value is -3.03. The SMILES string of the molecule is O=C(O[C@H](C(=O)c1ccccc1)[C@@H](Br)c1cccc([N+](=O)[O-])c1)c1cccc(Cl)c1. The molecular weight excluding hydrogens is 474 g/mol. The molecule has 0 radical (unpaired) electrons. The molecule has 30 heavy (non-hydrogen) atoms. The van der Waals surface area contributed by atoms with Crippen LogP contribution in [0.2, 0.25) is 5.02 Å². The molecule has 0 aliphatic rings. The normalized spacial score (nSPS) is 12.6. The third kappa shape index (κ3) is 5.11. The highest BCUT2D eigenvalue weighted by molar-refractivity contribution is 9.09. The standard InChI is InChI=1S/C22H15BrClNO5/c23-19(15-8-5-11-18(13-15)25(28)29)21(20(26)14-6-2-1-3-7-14)30-22(27)16-9-4-10-17(24)12-16/h1-13,19,21H/t19-,21-/m0/s1. The second kappa shape index (κ2) is 9.65. The van der Waals surface area contributed by atoms with Crippen LogP contribution in [0.4, 0.5) is 5.69 Å². The van der Waals surface area contributed by atoms with Gasteiger partial charge in [-0.3, -0.25) is 14.9 Å². The van der Waals surface area contributed by atoms with Crippen molar-refractivity contribution in [2.24, 2.45) is 0 Å². The maximum Gasteiger partial charge on any atom is 0.338 e. The molecule has 0 N–H and O–H groups in total. The summed E-state index contributed by atoms with van der Waals surface area (Å²) in [6.45, 7) is 0. The first-order valence-electron chi connectivity index (χ1n) is 8.81. The highest BCUT2D eigenvalue weighted by Gasteiger charge is 2.33. The summed E-state index contributed by atoms with van der Waals surface area (Å²) in [5, 5.41) is 11.5. The van der Waals surface area contributed by atoms with Gasteiger partial charge in [-0.25, -0.2) is 4.79 Å². The molecule has 3 aromatic carbocycles. The number of hydrogen-bond acceptors (Lipinski definition) is 5. The Morgan fingerprint density at radius 1 is 0.933 bits per heavy atom. The van der Waals surface area contributed by atoms with Crippen LogP contribution in [0.15, 0.2) is 78.9 Å². The molecule has 2 atom stereocenters. The number of non-ortho nitro benzene ring substituents is 1. The van der Waals surface area contributed by atoms with Crippen LogP contribution in [0, 0.1) is 10.1 Å². The number of rotatable bonds is 7. The van der Waals surface area contributed by atoms with E-state index in [0.717, 1.165) is 0 Å². The molecule has 0 aliphatic carbocycles. The first kappa shape index (κ1) is 21.7. The number of alkyl halides is 1. The Morgan fingerprint density at radius 2 is 1.60 bits per heavy atom. The van der Waals surface area contributed by atoms with Crippen molar-refractivity contribution in [2.75, 3.05) is 0 Å². The first-order chi connectivity index (χ1) is 14.4. The van der Waals surface area contributed by atoms with Crippen molar-refractivity contribution in [2.45, 2.75) is 10.9 Å². The van der Waals surface area contributed by atoms with Crippen LogP contribution in [0.3, 0.4) is 0 Å². The van der Waals surface area contributed by atoms with E-state index >= 15 is 0 Å². The molecule has 0 aliphatic heterocycles. The summed E-state index contributed by atoms with van der Waals surface area (Å²) in [6.07, 6.45) is -1.26. The molecule has 0 bridgehead atoms. The topological polar surface area (TPSA) is 86.5 Å². The summed E-state index contributed by atoms with van der Waals surface area (Å²) >= 11 is 9.34. The average Bonchev–Trinajstić information content (AvgIpc) is 2.77. The number of ketones is 1. The number of esters is 1. The van der Waals surface area contributed by atoms with Gasteiger partial charge < -0.3 is 4.74 Å². The number of nitro benzene ring substituents is 1. The number of nitrogens with zero attached hydrogens (tertiary/aromatic N) is 1. The molecule has 0 aromatic heterocycles. The number of nitro groups is 1. The summed E-state index contributed by atoms with van der Waals surface area (Å²) in [5.74, 6) is -1.18. The molecule has 0 spiro atoms. The van der Waals surface area contributed by atoms with Crippen molar-refractivity contribution in [1.29, 1.82) is 0 Å². The van der Waals surface area contributed by atoms with Crippen molar-refractivity contribution in [3.63, 3.8) is 0 Å². The zero-order chi connectivity index (χ0) is 21.7. The van der Waals surface area contributed by atoms with Crippen molar-refractivity contribution >= 4 is 45.0 Å². The Balaban J connectivity index is 1.96. The zero-order valence-corrected chi connectivity index (χ0v) is 17.7. The van der Waals surface area contributed by atoms with E-state index in [0.29, 0.717) is 16.1 Å². The van der Waals surface area contributed by atoms with Gasteiger partial charge in [0.05, 0.1) is 15.3 Å². The highest BCUT2D eigenvalue weighted by atomic mass is 79.9. The lowest BCUT2D eigenvalue weighted by Gasteiger charge is -2.22. The van der Waals surface area contributed by atoms with Gasteiger partial charge in [-0.05, 0) is 23.8 Å². The van der Waals surface area contributed by atoms with Crippen molar-refractivity contribution in [3.05, 3.63) is 111 Å². The molecule has 3 rings (SSSR count). The van der Waals surface area contributed by atoms with Crippen LogP contribution in [-0.2, 0) is 4.74 Å². The lowest BCUT2D eigenvalue weighted by Crippen LogP contribution is -2.31. The maximum absolute atomic E-state index is 13.1. The number of benzene rings is 3. The van der Waals surface area contributed by atoms with Crippen molar-refractivity contribution < 1.29 is 19.2 Å². The van der Waals surface area contributed by atoms with E-state index in [-0.39, 0.29) is 11.3 Å². The molecule has 0 unspecified atom stereocenters. The first-order valence-corrected chi connectivity index (χ1v) is 10.1. The van der Waals surface area contributed by atoms with E-state index in [1.807, 2.05) is 0 Å². The number of hydrogen-bond donors (Lipinski definition) is 0. The van der Waals surface area contributed by atoms with E-state index in [4.69, 9.17) is 16.3 Å². The summed E-state index contributed by atoms with van der Waals surface area (Å²) in [5.41, 5.74) is 0.824. The molecule has 0 saturated heterocycles. The van der Waals surface area contributed by atoms with Gasteiger partial charge in [-0.15, -0.1) is 0 Å². The quantitative estimate of drug-likeness (QED) is 0.138. The summed E-state index contributed by atoms with van der Waals surface area (Å²) < 4.78 is 5.56. The minimum atomic E-state index is -1.26. The fourth-order valence-corrected chi connectivity index (χ4v) is 3.62. The summed E-state index contributed by atoms with van der Waals surface area (Å²) in [7, 11) is 0. The van der Waals surface area contributed by atoms with Crippen molar-refractivity contribution in [1.82, 2.24) is 0 Å². The van der Waals surface area contributed by atoms with E-state index in [2.05, 4.69) is 15.9 Å². The minimum Gasteiger partial charge on any atom is -0.449 e. The third-order valence-electron chi connectivity index (χ3n) is 4.28. The van der Waals surface area contributed by atoms with E-state index < -0.39 is 27.6 Å². The van der Waals surface area contributed by atoms with Gasteiger partial charge in [0, 0.05) is 22.7 Å². The van der Waals surface area contributed by atoms with Gasteiger partial charge in [0.1, 0.15) is 0 Å². The summed E-state index contributed by atoms with van der Waals surface area (Å²) in [6, 6.07) is 20.3. The second-order valence-electron chi connectivity index (χ2n) is 6.32. The number of ether oxygens (including phenoxy) is 1. The molecule has 6 nitrogen and oxygen atoms in total. The molecule has 0 heterocycles. The van der Waals surface area contributed by atoms with Crippen LogP contribution < -0.4 is 0 Å². The van der Waals surface area contributed by atoms with Gasteiger partial charge in [0.2, 0.25) is 5.78 Å². The molecule has 0 saturated carbocycles. The Morgan fingerprint density at radius 3 is 2.27 bits per heavy atom. The molecule has 152 valence electrons. The molecule has 8 heteroatoms. The zero-order valence-electron chi connectivity index (χ0n) is 15.4. The second-order valence-corrected chi connectivity index (χ2v) is 7.74. The molecular formula is C22H15BrClNO5. The predicted octanol–water partition coefficient (Wildman–Crippen LogP) is 5.79. The average molecular weight is 489 g/mol. The molecule has 3 aromatic rings. The number of Topliss-reactive ketones (excluding diaryl/α,β-unsaturated/α-hetero) is 1. The van der Waals surface area contributed by atoms with Gasteiger partial charge in [-0.2, -0.15) is 0 Å². The fraction of sp³-hybridized carbons (Fsp3) is 0.0909.